The number of anilines is 1. The Morgan fingerprint density at radius 1 is 1.28 bits per heavy atom. The summed E-state index contributed by atoms with van der Waals surface area (Å²) in [6, 6.07) is 11.3. The summed E-state index contributed by atoms with van der Waals surface area (Å²) in [4.78, 5) is 13.2. The van der Waals surface area contributed by atoms with Crippen molar-refractivity contribution in [3.05, 3.63) is 52.3 Å². The maximum absolute atomic E-state index is 12.6. The second-order valence-electron chi connectivity index (χ2n) is 6.16. The number of hydrogen-bond acceptors (Lipinski definition) is 4. The molecule has 1 amide bonds. The molecule has 0 aliphatic heterocycles. The fourth-order valence-corrected chi connectivity index (χ4v) is 3.31. The summed E-state index contributed by atoms with van der Waals surface area (Å²) in [5.41, 5.74) is 3.17. The van der Waals surface area contributed by atoms with E-state index >= 15 is 0 Å². The summed E-state index contributed by atoms with van der Waals surface area (Å²) in [5.74, 6) is 1.03. The van der Waals surface area contributed by atoms with Gasteiger partial charge in [-0.15, -0.1) is 11.3 Å². The molecule has 2 aromatic heterocycles. The standard InChI is InChI=1S/C19H21N3O2S/c1-12(2)11-14-18(20-19(23)16-9-6-10-25-16)17(22-21-14)13-7-4-5-8-15(13)24-3/h4-10,12H,11H2,1-3H3,(H,20,23)(H,21,22). The van der Waals surface area contributed by atoms with Crippen LogP contribution < -0.4 is 10.1 Å². The van der Waals surface area contributed by atoms with Gasteiger partial charge in [0.25, 0.3) is 5.91 Å². The molecule has 0 radical (unpaired) electrons. The minimum atomic E-state index is -0.127. The molecule has 0 saturated carbocycles. The molecule has 3 rings (SSSR count). The lowest BCUT2D eigenvalue weighted by molar-refractivity contribution is 0.103. The molecule has 0 unspecified atom stereocenters. The fourth-order valence-electron chi connectivity index (χ4n) is 2.69. The van der Waals surface area contributed by atoms with Gasteiger partial charge in [-0.05, 0) is 35.9 Å². The number of nitrogens with zero attached hydrogens (tertiary/aromatic N) is 1. The van der Waals surface area contributed by atoms with Gasteiger partial charge in [-0.1, -0.05) is 32.0 Å². The van der Waals surface area contributed by atoms with Crippen LogP contribution in [0.2, 0.25) is 0 Å². The molecule has 1 aromatic carbocycles. The molecule has 0 aliphatic rings. The van der Waals surface area contributed by atoms with E-state index in [2.05, 4.69) is 29.4 Å². The zero-order chi connectivity index (χ0) is 17.8. The van der Waals surface area contributed by atoms with Crippen molar-refractivity contribution in [3.63, 3.8) is 0 Å². The van der Waals surface area contributed by atoms with Gasteiger partial charge >= 0.3 is 0 Å². The SMILES string of the molecule is COc1ccccc1-c1n[nH]c(CC(C)C)c1NC(=O)c1cccs1. The van der Waals surface area contributed by atoms with E-state index in [1.54, 1.807) is 7.11 Å². The highest BCUT2D eigenvalue weighted by molar-refractivity contribution is 7.12. The van der Waals surface area contributed by atoms with Gasteiger partial charge in [0, 0.05) is 5.56 Å². The Labute approximate surface area is 151 Å². The number of amides is 1. The van der Waals surface area contributed by atoms with E-state index in [0.29, 0.717) is 16.5 Å². The number of ether oxygens (including phenoxy) is 1. The Morgan fingerprint density at radius 2 is 2.08 bits per heavy atom. The van der Waals surface area contributed by atoms with Gasteiger partial charge in [0.15, 0.2) is 0 Å². The number of aromatic nitrogens is 2. The summed E-state index contributed by atoms with van der Waals surface area (Å²) in [5, 5.41) is 12.5. The summed E-state index contributed by atoms with van der Waals surface area (Å²) < 4.78 is 5.46. The van der Waals surface area contributed by atoms with Crippen molar-refractivity contribution in [2.45, 2.75) is 20.3 Å². The highest BCUT2D eigenvalue weighted by Gasteiger charge is 2.21. The maximum Gasteiger partial charge on any atom is 0.265 e. The van der Waals surface area contributed by atoms with Gasteiger partial charge in [-0.25, -0.2) is 0 Å². The summed E-state index contributed by atoms with van der Waals surface area (Å²) in [6.45, 7) is 4.27. The number of H-pyrrole nitrogens is 1. The summed E-state index contributed by atoms with van der Waals surface area (Å²) >= 11 is 1.41. The number of methoxy groups -OCH3 is 1. The van der Waals surface area contributed by atoms with Crippen molar-refractivity contribution in [2.24, 2.45) is 5.92 Å². The summed E-state index contributed by atoms with van der Waals surface area (Å²) in [7, 11) is 1.63. The van der Waals surface area contributed by atoms with Crippen molar-refractivity contribution in [2.75, 3.05) is 12.4 Å². The van der Waals surface area contributed by atoms with Gasteiger partial charge < -0.3 is 10.1 Å². The monoisotopic (exact) mass is 355 g/mol. The Hall–Kier alpha value is -2.60. The lowest BCUT2D eigenvalue weighted by Crippen LogP contribution is -2.12. The highest BCUT2D eigenvalue weighted by Crippen LogP contribution is 2.36. The Kier molecular flexibility index (Phi) is 5.19. The molecule has 0 bridgehead atoms. The fraction of sp³-hybridized carbons (Fsp3) is 0.263. The number of para-hydroxylation sites is 1. The van der Waals surface area contributed by atoms with Crippen LogP contribution in [0.15, 0.2) is 41.8 Å². The molecule has 5 nitrogen and oxygen atoms in total. The van der Waals surface area contributed by atoms with E-state index in [9.17, 15) is 4.79 Å². The van der Waals surface area contributed by atoms with Gasteiger partial charge in [0.1, 0.15) is 11.4 Å². The van der Waals surface area contributed by atoms with Crippen molar-refractivity contribution < 1.29 is 9.53 Å². The average Bonchev–Trinajstić information content (AvgIpc) is 3.25. The molecule has 0 saturated heterocycles. The van der Waals surface area contributed by atoms with Crippen LogP contribution in [0.4, 0.5) is 5.69 Å². The molecule has 3 aromatic rings. The second kappa shape index (κ2) is 7.53. The largest absolute Gasteiger partial charge is 0.496 e. The normalized spacial score (nSPS) is 10.9. The Balaban J connectivity index is 2.03. The molecule has 0 fully saturated rings. The van der Waals surface area contributed by atoms with Crippen molar-refractivity contribution in [1.29, 1.82) is 0 Å². The number of hydrogen-bond donors (Lipinski definition) is 2. The first-order valence-corrected chi connectivity index (χ1v) is 9.03. The van der Waals surface area contributed by atoms with E-state index in [1.165, 1.54) is 11.3 Å². The molecular weight excluding hydrogens is 334 g/mol. The lowest BCUT2D eigenvalue weighted by atomic mass is 10.0. The van der Waals surface area contributed by atoms with Crippen LogP contribution in [0.5, 0.6) is 5.75 Å². The zero-order valence-corrected chi connectivity index (χ0v) is 15.3. The van der Waals surface area contributed by atoms with Crippen LogP contribution in [0, 0.1) is 5.92 Å². The predicted octanol–water partition coefficient (Wildman–Crippen LogP) is 4.60. The third-order valence-corrected chi connectivity index (χ3v) is 4.67. The molecule has 6 heteroatoms. The first-order valence-electron chi connectivity index (χ1n) is 8.15. The van der Waals surface area contributed by atoms with Gasteiger partial charge in [0.05, 0.1) is 23.4 Å². The highest BCUT2D eigenvalue weighted by atomic mass is 32.1. The molecule has 0 aliphatic carbocycles. The van der Waals surface area contributed by atoms with Gasteiger partial charge in [0.2, 0.25) is 0 Å². The number of benzene rings is 1. The molecule has 0 spiro atoms. The molecule has 130 valence electrons. The number of carbonyl (C=O) groups excluding carboxylic acids is 1. The van der Waals surface area contributed by atoms with Crippen LogP contribution in [0.3, 0.4) is 0 Å². The molecule has 0 atom stereocenters. The van der Waals surface area contributed by atoms with Crippen molar-refractivity contribution >= 4 is 22.9 Å². The first kappa shape index (κ1) is 17.2. The average molecular weight is 355 g/mol. The Morgan fingerprint density at radius 3 is 2.76 bits per heavy atom. The van der Waals surface area contributed by atoms with Gasteiger partial charge in [-0.2, -0.15) is 5.10 Å². The predicted molar refractivity (Wildman–Crippen MR) is 101 cm³/mol. The van der Waals surface area contributed by atoms with E-state index in [4.69, 9.17) is 4.74 Å². The van der Waals surface area contributed by atoms with E-state index < -0.39 is 0 Å². The molecular formula is C19H21N3O2S. The number of carbonyl (C=O) groups is 1. The third-order valence-electron chi connectivity index (χ3n) is 3.80. The number of rotatable bonds is 6. The topological polar surface area (TPSA) is 67.0 Å². The second-order valence-corrected chi connectivity index (χ2v) is 7.10. The molecule has 2 heterocycles. The van der Waals surface area contributed by atoms with Gasteiger partial charge in [-0.3, -0.25) is 9.89 Å². The molecule has 25 heavy (non-hydrogen) atoms. The van der Waals surface area contributed by atoms with E-state index in [0.717, 1.165) is 29.1 Å². The number of aromatic amines is 1. The van der Waals surface area contributed by atoms with Crippen LogP contribution in [0.25, 0.3) is 11.3 Å². The lowest BCUT2D eigenvalue weighted by Gasteiger charge is -2.11. The Bertz CT molecular complexity index is 853. The quantitative estimate of drug-likeness (QED) is 0.679. The smallest absolute Gasteiger partial charge is 0.265 e. The minimum Gasteiger partial charge on any atom is -0.496 e. The number of thiophene rings is 1. The minimum absolute atomic E-state index is 0.127. The summed E-state index contributed by atoms with van der Waals surface area (Å²) in [6.07, 6.45) is 0.794. The van der Waals surface area contributed by atoms with Crippen LogP contribution in [0.1, 0.15) is 29.2 Å². The zero-order valence-electron chi connectivity index (χ0n) is 14.5. The van der Waals surface area contributed by atoms with Crippen LogP contribution in [-0.2, 0) is 6.42 Å². The van der Waals surface area contributed by atoms with E-state index in [1.807, 2.05) is 41.8 Å². The maximum atomic E-state index is 12.6. The van der Waals surface area contributed by atoms with Crippen molar-refractivity contribution in [3.8, 4) is 17.0 Å². The van der Waals surface area contributed by atoms with E-state index in [-0.39, 0.29) is 5.91 Å². The molecule has 2 N–H and O–H groups in total. The van der Waals surface area contributed by atoms with Crippen LogP contribution in [-0.4, -0.2) is 23.2 Å². The van der Waals surface area contributed by atoms with Crippen molar-refractivity contribution in [1.82, 2.24) is 10.2 Å². The van der Waals surface area contributed by atoms with Crippen LogP contribution >= 0.6 is 11.3 Å². The third kappa shape index (κ3) is 3.74. The first-order chi connectivity index (χ1) is 12.1. The number of nitrogens with one attached hydrogen (secondary N) is 2.